The van der Waals surface area contributed by atoms with Crippen molar-refractivity contribution in [3.63, 3.8) is 0 Å². The van der Waals surface area contributed by atoms with Crippen molar-refractivity contribution in [2.24, 2.45) is 0 Å². The summed E-state index contributed by atoms with van der Waals surface area (Å²) in [6.45, 7) is 7.08. The van der Waals surface area contributed by atoms with Crippen LogP contribution in [0.4, 0.5) is 0 Å². The number of carbonyl (C=O) groups excluding carboxylic acids is 1. The zero-order chi connectivity index (χ0) is 15.9. The normalized spacial score (nSPS) is 10.5. The summed E-state index contributed by atoms with van der Waals surface area (Å²) >= 11 is 1.60. The van der Waals surface area contributed by atoms with Crippen molar-refractivity contribution in [3.8, 4) is 5.75 Å². The third-order valence-electron chi connectivity index (χ3n) is 3.34. The fourth-order valence-electron chi connectivity index (χ4n) is 2.20. The molecule has 2 aromatic rings. The van der Waals surface area contributed by atoms with Gasteiger partial charge in [-0.15, -0.1) is 11.3 Å². The molecule has 1 heterocycles. The summed E-state index contributed by atoms with van der Waals surface area (Å²) in [6, 6.07) is 6.08. The van der Waals surface area contributed by atoms with Gasteiger partial charge in [0, 0.05) is 11.8 Å². The van der Waals surface area contributed by atoms with E-state index in [2.05, 4.69) is 10.3 Å². The van der Waals surface area contributed by atoms with E-state index in [1.54, 1.807) is 11.3 Å². The Hall–Kier alpha value is -1.88. The predicted molar refractivity (Wildman–Crippen MR) is 89.3 cm³/mol. The lowest BCUT2D eigenvalue weighted by atomic mass is 10.1. The molecule has 0 bridgehead atoms. The topological polar surface area (TPSA) is 51.2 Å². The smallest absolute Gasteiger partial charge is 0.220 e. The summed E-state index contributed by atoms with van der Waals surface area (Å²) in [6.07, 6.45) is 1.17. The molecular weight excluding hydrogens is 296 g/mol. The number of aryl methyl sites for hydroxylation is 3. The lowest BCUT2D eigenvalue weighted by molar-refractivity contribution is -0.121. The van der Waals surface area contributed by atoms with Crippen LogP contribution in [0, 0.1) is 20.8 Å². The molecule has 0 aliphatic carbocycles. The van der Waals surface area contributed by atoms with Crippen LogP contribution in [-0.4, -0.2) is 17.5 Å². The highest BCUT2D eigenvalue weighted by Crippen LogP contribution is 2.22. The predicted octanol–water partition coefficient (Wildman–Crippen LogP) is 3.54. The second-order valence-electron chi connectivity index (χ2n) is 5.31. The molecule has 0 saturated carbocycles. The number of thiazole rings is 1. The molecule has 22 heavy (non-hydrogen) atoms. The quantitative estimate of drug-likeness (QED) is 0.794. The Morgan fingerprint density at radius 3 is 2.64 bits per heavy atom. The van der Waals surface area contributed by atoms with E-state index in [9.17, 15) is 4.79 Å². The minimum Gasteiger partial charge on any atom is -0.493 e. The Bertz CT molecular complexity index is 617. The van der Waals surface area contributed by atoms with Gasteiger partial charge >= 0.3 is 0 Å². The molecule has 0 unspecified atom stereocenters. The number of aromatic nitrogens is 1. The van der Waals surface area contributed by atoms with Crippen LogP contribution < -0.4 is 10.1 Å². The van der Waals surface area contributed by atoms with Gasteiger partial charge < -0.3 is 10.1 Å². The van der Waals surface area contributed by atoms with Gasteiger partial charge in [-0.25, -0.2) is 4.98 Å². The van der Waals surface area contributed by atoms with Crippen LogP contribution in [0.1, 0.15) is 34.7 Å². The zero-order valence-electron chi connectivity index (χ0n) is 13.3. The Morgan fingerprint density at radius 2 is 2.00 bits per heavy atom. The molecule has 0 fully saturated rings. The van der Waals surface area contributed by atoms with Gasteiger partial charge in [-0.3, -0.25) is 4.79 Å². The van der Waals surface area contributed by atoms with Crippen molar-refractivity contribution in [2.45, 2.75) is 40.2 Å². The van der Waals surface area contributed by atoms with Gasteiger partial charge in [0.1, 0.15) is 5.75 Å². The van der Waals surface area contributed by atoms with Crippen LogP contribution in [0.25, 0.3) is 0 Å². The van der Waals surface area contributed by atoms with E-state index >= 15 is 0 Å². The van der Waals surface area contributed by atoms with Crippen molar-refractivity contribution in [2.75, 3.05) is 6.61 Å². The monoisotopic (exact) mass is 318 g/mol. The standard InChI is InChI=1S/C17H22N2O2S/c1-12-6-4-7-13(2)17(12)21-9-5-8-16(20)18-10-15-11-22-14(3)19-15/h4,6-7,11H,5,8-10H2,1-3H3,(H,18,20). The number of carbonyl (C=O) groups is 1. The molecule has 118 valence electrons. The average Bonchev–Trinajstić information content (AvgIpc) is 2.89. The Balaban J connectivity index is 1.67. The van der Waals surface area contributed by atoms with Crippen LogP contribution in [0.2, 0.25) is 0 Å². The fraction of sp³-hybridized carbons (Fsp3) is 0.412. The summed E-state index contributed by atoms with van der Waals surface area (Å²) in [5.41, 5.74) is 3.18. The molecule has 1 N–H and O–H groups in total. The molecule has 0 aliphatic heterocycles. The van der Waals surface area contributed by atoms with E-state index in [0.717, 1.165) is 27.6 Å². The van der Waals surface area contributed by atoms with Gasteiger partial charge in [0.2, 0.25) is 5.91 Å². The highest BCUT2D eigenvalue weighted by atomic mass is 32.1. The fourth-order valence-corrected chi connectivity index (χ4v) is 2.81. The van der Waals surface area contributed by atoms with Gasteiger partial charge in [0.15, 0.2) is 0 Å². The number of hydrogen-bond donors (Lipinski definition) is 1. The van der Waals surface area contributed by atoms with Crippen LogP contribution in [0.5, 0.6) is 5.75 Å². The number of nitrogens with one attached hydrogen (secondary N) is 1. The molecule has 0 atom stereocenters. The maximum Gasteiger partial charge on any atom is 0.220 e. The van der Waals surface area contributed by atoms with E-state index in [4.69, 9.17) is 4.74 Å². The Kier molecular flexibility index (Phi) is 5.95. The molecule has 2 rings (SSSR count). The maximum atomic E-state index is 11.8. The Morgan fingerprint density at radius 1 is 1.27 bits per heavy atom. The number of rotatable bonds is 7. The first-order valence-corrected chi connectivity index (χ1v) is 8.31. The third kappa shape index (κ3) is 4.84. The average molecular weight is 318 g/mol. The highest BCUT2D eigenvalue weighted by molar-refractivity contribution is 7.09. The van der Waals surface area contributed by atoms with E-state index in [-0.39, 0.29) is 5.91 Å². The minimum atomic E-state index is 0.0377. The molecule has 0 aliphatic rings. The van der Waals surface area contributed by atoms with Crippen molar-refractivity contribution in [1.29, 1.82) is 0 Å². The number of ether oxygens (including phenoxy) is 1. The van der Waals surface area contributed by atoms with Gasteiger partial charge in [0.25, 0.3) is 0 Å². The number of nitrogens with zero attached hydrogens (tertiary/aromatic N) is 1. The molecule has 0 spiro atoms. The second kappa shape index (κ2) is 7.94. The van der Waals surface area contributed by atoms with Crippen molar-refractivity contribution >= 4 is 17.2 Å². The number of benzene rings is 1. The first-order valence-electron chi connectivity index (χ1n) is 7.43. The zero-order valence-corrected chi connectivity index (χ0v) is 14.1. The second-order valence-corrected chi connectivity index (χ2v) is 6.37. The first kappa shape index (κ1) is 16.5. The third-order valence-corrected chi connectivity index (χ3v) is 4.16. The Labute approximate surface area is 135 Å². The largest absolute Gasteiger partial charge is 0.493 e. The van der Waals surface area contributed by atoms with Gasteiger partial charge in [-0.05, 0) is 38.3 Å². The lowest BCUT2D eigenvalue weighted by Gasteiger charge is -2.11. The van der Waals surface area contributed by atoms with Crippen molar-refractivity contribution in [1.82, 2.24) is 10.3 Å². The SMILES string of the molecule is Cc1nc(CNC(=O)CCCOc2c(C)cccc2C)cs1. The van der Waals surface area contributed by atoms with Crippen LogP contribution in [0.3, 0.4) is 0 Å². The molecule has 1 amide bonds. The molecule has 0 saturated heterocycles. The summed E-state index contributed by atoms with van der Waals surface area (Å²) in [5.74, 6) is 0.969. The summed E-state index contributed by atoms with van der Waals surface area (Å²) in [7, 11) is 0. The lowest BCUT2D eigenvalue weighted by Crippen LogP contribution is -2.23. The maximum absolute atomic E-state index is 11.8. The van der Waals surface area contributed by atoms with Gasteiger partial charge in [-0.2, -0.15) is 0 Å². The number of hydrogen-bond acceptors (Lipinski definition) is 4. The van der Waals surface area contributed by atoms with E-state index < -0.39 is 0 Å². The molecule has 5 heteroatoms. The van der Waals surface area contributed by atoms with E-state index in [1.165, 1.54) is 0 Å². The molecule has 1 aromatic heterocycles. The summed E-state index contributed by atoms with van der Waals surface area (Å²) < 4.78 is 5.79. The van der Waals surface area contributed by atoms with Crippen molar-refractivity contribution in [3.05, 3.63) is 45.4 Å². The molecule has 0 radical (unpaired) electrons. The van der Waals surface area contributed by atoms with Crippen LogP contribution >= 0.6 is 11.3 Å². The van der Waals surface area contributed by atoms with Crippen LogP contribution in [0.15, 0.2) is 23.6 Å². The molecule has 1 aromatic carbocycles. The van der Waals surface area contributed by atoms with Crippen LogP contribution in [-0.2, 0) is 11.3 Å². The summed E-state index contributed by atoms with van der Waals surface area (Å²) in [5, 5.41) is 5.87. The summed E-state index contributed by atoms with van der Waals surface area (Å²) in [4.78, 5) is 16.1. The van der Waals surface area contributed by atoms with E-state index in [0.29, 0.717) is 26.0 Å². The minimum absolute atomic E-state index is 0.0377. The molecule has 4 nitrogen and oxygen atoms in total. The highest BCUT2D eigenvalue weighted by Gasteiger charge is 2.06. The van der Waals surface area contributed by atoms with Gasteiger partial charge in [0.05, 0.1) is 23.9 Å². The number of amides is 1. The van der Waals surface area contributed by atoms with Crippen molar-refractivity contribution < 1.29 is 9.53 Å². The van der Waals surface area contributed by atoms with E-state index in [1.807, 2.05) is 44.4 Å². The number of para-hydroxylation sites is 1. The van der Waals surface area contributed by atoms with Gasteiger partial charge in [-0.1, -0.05) is 18.2 Å². The first-order chi connectivity index (χ1) is 10.6. The molecular formula is C17H22N2O2S.